The van der Waals surface area contributed by atoms with Crippen molar-refractivity contribution < 1.29 is 9.32 Å². The molecule has 1 amide bonds. The van der Waals surface area contributed by atoms with Gasteiger partial charge in [-0.3, -0.25) is 4.79 Å². The van der Waals surface area contributed by atoms with Crippen molar-refractivity contribution in [3.8, 4) is 0 Å². The summed E-state index contributed by atoms with van der Waals surface area (Å²) < 4.78 is 5.32. The third kappa shape index (κ3) is 3.81. The van der Waals surface area contributed by atoms with Crippen LogP contribution in [-0.2, 0) is 12.8 Å². The molecular formula is C19H24N2O2. The Morgan fingerprint density at radius 2 is 2.09 bits per heavy atom. The van der Waals surface area contributed by atoms with Crippen molar-refractivity contribution in [3.63, 3.8) is 0 Å². The Morgan fingerprint density at radius 1 is 1.26 bits per heavy atom. The maximum Gasteiger partial charge on any atom is 0.292 e. The van der Waals surface area contributed by atoms with E-state index in [1.807, 2.05) is 29.2 Å². The summed E-state index contributed by atoms with van der Waals surface area (Å²) in [5, 5.41) is 4.08. The first-order chi connectivity index (χ1) is 11.3. The second-order valence-electron chi connectivity index (χ2n) is 6.22. The predicted octanol–water partition coefficient (Wildman–Crippen LogP) is 3.86. The molecule has 122 valence electrons. The molecule has 3 rings (SSSR count). The Bertz CT molecular complexity index is 636. The Balaban J connectivity index is 1.63. The van der Waals surface area contributed by atoms with Crippen molar-refractivity contribution in [1.29, 1.82) is 0 Å². The normalized spacial score (nSPS) is 18.1. The minimum absolute atomic E-state index is 0.00462. The van der Waals surface area contributed by atoms with Gasteiger partial charge in [-0.1, -0.05) is 42.4 Å². The van der Waals surface area contributed by atoms with E-state index in [0.717, 1.165) is 44.3 Å². The molecule has 1 saturated heterocycles. The van der Waals surface area contributed by atoms with E-state index < -0.39 is 0 Å². The average molecular weight is 312 g/mol. The van der Waals surface area contributed by atoms with Gasteiger partial charge in [0, 0.05) is 18.7 Å². The fourth-order valence-corrected chi connectivity index (χ4v) is 3.28. The van der Waals surface area contributed by atoms with E-state index in [0.29, 0.717) is 11.8 Å². The molecule has 0 bridgehead atoms. The summed E-state index contributed by atoms with van der Waals surface area (Å²) in [6.45, 7) is 2.97. The van der Waals surface area contributed by atoms with Crippen LogP contribution >= 0.6 is 0 Å². The predicted molar refractivity (Wildman–Crippen MR) is 89.3 cm³/mol. The van der Waals surface area contributed by atoms with E-state index >= 15 is 0 Å². The highest BCUT2D eigenvalue weighted by Gasteiger charge is 2.28. The number of nitrogens with zero attached hydrogens (tertiary/aromatic N) is 2. The summed E-state index contributed by atoms with van der Waals surface area (Å²) in [5.41, 5.74) is 2.12. The Labute approximate surface area is 137 Å². The zero-order valence-electron chi connectivity index (χ0n) is 13.7. The summed E-state index contributed by atoms with van der Waals surface area (Å²) in [6, 6.07) is 12.4. The number of amides is 1. The molecule has 0 aliphatic carbocycles. The summed E-state index contributed by atoms with van der Waals surface area (Å²) in [7, 11) is 0. The highest BCUT2D eigenvalue weighted by atomic mass is 16.5. The lowest BCUT2D eigenvalue weighted by molar-refractivity contribution is 0.0566. The van der Waals surface area contributed by atoms with Gasteiger partial charge in [-0.2, -0.15) is 0 Å². The van der Waals surface area contributed by atoms with Crippen LogP contribution in [0.5, 0.6) is 0 Å². The van der Waals surface area contributed by atoms with Crippen molar-refractivity contribution in [1.82, 2.24) is 10.1 Å². The molecule has 1 aliphatic rings. The number of hydrogen-bond donors (Lipinski definition) is 0. The first-order valence-electron chi connectivity index (χ1n) is 8.58. The first kappa shape index (κ1) is 15.8. The topological polar surface area (TPSA) is 46.3 Å². The average Bonchev–Trinajstić information content (AvgIpc) is 3.09. The summed E-state index contributed by atoms with van der Waals surface area (Å²) >= 11 is 0. The van der Waals surface area contributed by atoms with Crippen molar-refractivity contribution in [2.75, 3.05) is 6.54 Å². The minimum atomic E-state index is -0.00462. The van der Waals surface area contributed by atoms with Crippen LogP contribution < -0.4 is 0 Å². The van der Waals surface area contributed by atoms with Crippen molar-refractivity contribution in [3.05, 3.63) is 53.4 Å². The fraction of sp³-hybridized carbons (Fsp3) is 0.474. The molecule has 2 heterocycles. The lowest BCUT2D eigenvalue weighted by Crippen LogP contribution is -2.43. The van der Waals surface area contributed by atoms with E-state index in [4.69, 9.17) is 4.52 Å². The van der Waals surface area contributed by atoms with Crippen molar-refractivity contribution >= 4 is 5.91 Å². The SMILES string of the molecule is CC[C@@H]1CCCCN1C(=O)c1cc(CCc2ccccc2)no1. The number of rotatable bonds is 5. The number of hydrogen-bond acceptors (Lipinski definition) is 3. The zero-order valence-corrected chi connectivity index (χ0v) is 13.7. The molecule has 1 aromatic heterocycles. The minimum Gasteiger partial charge on any atom is -0.351 e. The smallest absolute Gasteiger partial charge is 0.292 e. The van der Waals surface area contributed by atoms with Crippen LogP contribution in [0.1, 0.15) is 54.4 Å². The van der Waals surface area contributed by atoms with Gasteiger partial charge in [0.05, 0.1) is 5.69 Å². The quantitative estimate of drug-likeness (QED) is 0.842. The number of piperidine rings is 1. The first-order valence-corrected chi connectivity index (χ1v) is 8.58. The van der Waals surface area contributed by atoms with E-state index in [1.165, 1.54) is 12.0 Å². The molecule has 0 unspecified atom stereocenters. The molecule has 23 heavy (non-hydrogen) atoms. The maximum atomic E-state index is 12.6. The summed E-state index contributed by atoms with van der Waals surface area (Å²) in [5.74, 6) is 0.378. The van der Waals surface area contributed by atoms with Crippen LogP contribution in [0.3, 0.4) is 0 Å². The Kier molecular flexibility index (Phi) is 5.11. The number of aromatic nitrogens is 1. The fourth-order valence-electron chi connectivity index (χ4n) is 3.28. The van der Waals surface area contributed by atoms with Crippen LogP contribution in [0.25, 0.3) is 0 Å². The van der Waals surface area contributed by atoms with Gasteiger partial charge in [0.2, 0.25) is 5.76 Å². The molecule has 1 aromatic carbocycles. The molecule has 0 N–H and O–H groups in total. The van der Waals surface area contributed by atoms with Gasteiger partial charge >= 0.3 is 0 Å². The largest absolute Gasteiger partial charge is 0.351 e. The van der Waals surface area contributed by atoms with E-state index in [9.17, 15) is 4.79 Å². The number of likely N-dealkylation sites (tertiary alicyclic amines) is 1. The molecule has 4 nitrogen and oxygen atoms in total. The van der Waals surface area contributed by atoms with Crippen LogP contribution in [-0.4, -0.2) is 28.6 Å². The third-order valence-corrected chi connectivity index (χ3v) is 4.64. The lowest BCUT2D eigenvalue weighted by atomic mass is 9.99. The molecule has 2 aromatic rings. The van der Waals surface area contributed by atoms with Crippen LogP contribution in [0, 0.1) is 0 Å². The summed E-state index contributed by atoms with van der Waals surface area (Å²) in [6.07, 6.45) is 6.08. The lowest BCUT2D eigenvalue weighted by Gasteiger charge is -2.34. The standard InChI is InChI=1S/C19H24N2O2/c1-2-17-10-6-7-13-21(17)19(22)18-14-16(20-23-18)12-11-15-8-4-3-5-9-15/h3-5,8-9,14,17H,2,6-7,10-13H2,1H3/t17-/m1/s1. The van der Waals surface area contributed by atoms with Gasteiger partial charge in [-0.05, 0) is 44.1 Å². The molecule has 1 atom stereocenters. The van der Waals surface area contributed by atoms with Crippen LogP contribution in [0.2, 0.25) is 0 Å². The third-order valence-electron chi connectivity index (χ3n) is 4.64. The van der Waals surface area contributed by atoms with Gasteiger partial charge in [-0.15, -0.1) is 0 Å². The van der Waals surface area contributed by atoms with E-state index in [1.54, 1.807) is 0 Å². The zero-order chi connectivity index (χ0) is 16.1. The van der Waals surface area contributed by atoms with Gasteiger partial charge in [0.1, 0.15) is 0 Å². The van der Waals surface area contributed by atoms with Gasteiger partial charge in [-0.25, -0.2) is 0 Å². The molecular weight excluding hydrogens is 288 g/mol. The van der Waals surface area contributed by atoms with E-state index in [-0.39, 0.29) is 5.91 Å². The monoisotopic (exact) mass is 312 g/mol. The number of carbonyl (C=O) groups is 1. The van der Waals surface area contributed by atoms with Gasteiger partial charge < -0.3 is 9.42 Å². The molecule has 1 fully saturated rings. The number of carbonyl (C=O) groups excluding carboxylic acids is 1. The number of benzene rings is 1. The molecule has 0 saturated carbocycles. The van der Waals surface area contributed by atoms with Gasteiger partial charge in [0.15, 0.2) is 0 Å². The van der Waals surface area contributed by atoms with Crippen molar-refractivity contribution in [2.45, 2.75) is 51.5 Å². The maximum absolute atomic E-state index is 12.6. The van der Waals surface area contributed by atoms with Crippen LogP contribution in [0.4, 0.5) is 0 Å². The second kappa shape index (κ2) is 7.44. The molecule has 0 radical (unpaired) electrons. The van der Waals surface area contributed by atoms with Crippen LogP contribution in [0.15, 0.2) is 40.9 Å². The Hall–Kier alpha value is -2.10. The summed E-state index contributed by atoms with van der Waals surface area (Å²) in [4.78, 5) is 14.6. The van der Waals surface area contributed by atoms with Gasteiger partial charge in [0.25, 0.3) is 5.91 Å². The molecule has 1 aliphatic heterocycles. The van der Waals surface area contributed by atoms with E-state index in [2.05, 4.69) is 24.2 Å². The highest BCUT2D eigenvalue weighted by molar-refractivity contribution is 5.91. The highest BCUT2D eigenvalue weighted by Crippen LogP contribution is 2.22. The Morgan fingerprint density at radius 3 is 2.87 bits per heavy atom. The second-order valence-corrected chi connectivity index (χ2v) is 6.22. The molecule has 4 heteroatoms. The number of aryl methyl sites for hydroxylation is 2. The van der Waals surface area contributed by atoms with Crippen molar-refractivity contribution in [2.24, 2.45) is 0 Å². The molecule has 0 spiro atoms.